The van der Waals surface area contributed by atoms with Crippen molar-refractivity contribution in [3.63, 3.8) is 0 Å². The minimum atomic E-state index is -2.12. The van der Waals surface area contributed by atoms with Crippen molar-refractivity contribution >= 4 is 11.4 Å². The normalized spacial score (nSPS) is 22.4. The molecule has 0 aromatic carbocycles. The minimum absolute atomic E-state index is 0.329. The maximum Gasteiger partial charge on any atom is 0.301 e. The molecule has 1 unspecified atom stereocenters. The van der Waals surface area contributed by atoms with Gasteiger partial charge in [0.05, 0.1) is 6.61 Å². The summed E-state index contributed by atoms with van der Waals surface area (Å²) in [5.41, 5.74) is 0. The van der Waals surface area contributed by atoms with Crippen molar-refractivity contribution in [2.45, 2.75) is 6.92 Å². The topological polar surface area (TPSA) is 53.0 Å². The van der Waals surface area contributed by atoms with Crippen LogP contribution in [0.25, 0.3) is 0 Å². The largest absolute Gasteiger partial charge is 0.301 e. The molecule has 1 N–H and O–H groups in total. The lowest BCUT2D eigenvalue weighted by molar-refractivity contribution is 0.121. The van der Waals surface area contributed by atoms with E-state index in [4.69, 9.17) is 4.55 Å². The second kappa shape index (κ2) is 6.47. The van der Waals surface area contributed by atoms with Gasteiger partial charge in [0, 0.05) is 32.7 Å². The van der Waals surface area contributed by atoms with Crippen LogP contribution in [0.3, 0.4) is 0 Å². The fourth-order valence-electron chi connectivity index (χ4n) is 1.57. The third-order valence-corrected chi connectivity index (χ3v) is 2.87. The molecule has 1 rings (SSSR count). The average molecular weight is 222 g/mol. The first-order valence-electron chi connectivity index (χ1n) is 4.91. The second-order valence-electron chi connectivity index (χ2n) is 3.31. The lowest BCUT2D eigenvalue weighted by Crippen LogP contribution is -2.47. The molecule has 0 aromatic rings. The molecule has 0 spiro atoms. The standard InChI is InChI=1S/C8H18N2O3S/c1-2-9-3-5-10(6-4-9)7-8-13-14(11)12/h2-8H2,1H3,(H,11,12). The average Bonchev–Trinajstić information content (AvgIpc) is 2.18. The summed E-state index contributed by atoms with van der Waals surface area (Å²) in [7, 11) is 0. The van der Waals surface area contributed by atoms with Crippen LogP contribution in [-0.4, -0.2) is 64.4 Å². The summed E-state index contributed by atoms with van der Waals surface area (Å²) in [6.07, 6.45) is 0. The predicted octanol–water partition coefficient (Wildman–Crippen LogP) is -0.223. The van der Waals surface area contributed by atoms with Crippen molar-refractivity contribution in [1.82, 2.24) is 9.80 Å². The van der Waals surface area contributed by atoms with E-state index in [2.05, 4.69) is 20.9 Å². The highest BCUT2D eigenvalue weighted by Gasteiger charge is 2.14. The van der Waals surface area contributed by atoms with E-state index in [0.29, 0.717) is 6.61 Å². The SMILES string of the molecule is CCN1CCN(CCOS(=O)O)CC1. The summed E-state index contributed by atoms with van der Waals surface area (Å²) in [6, 6.07) is 0. The number of hydrogen-bond acceptors (Lipinski definition) is 4. The van der Waals surface area contributed by atoms with Gasteiger partial charge in [-0.2, -0.15) is 4.21 Å². The van der Waals surface area contributed by atoms with Gasteiger partial charge in [-0.3, -0.25) is 13.6 Å². The molecule has 1 aliphatic heterocycles. The summed E-state index contributed by atoms with van der Waals surface area (Å²) in [4.78, 5) is 4.64. The van der Waals surface area contributed by atoms with E-state index < -0.39 is 11.4 Å². The van der Waals surface area contributed by atoms with Gasteiger partial charge < -0.3 is 4.90 Å². The Hall–Kier alpha value is -0.0100. The Morgan fingerprint density at radius 1 is 1.29 bits per heavy atom. The summed E-state index contributed by atoms with van der Waals surface area (Å²) < 4.78 is 23.2. The molecule has 5 nitrogen and oxygen atoms in total. The number of piperazine rings is 1. The molecule has 1 heterocycles. The van der Waals surface area contributed by atoms with Crippen LogP contribution in [0.4, 0.5) is 0 Å². The monoisotopic (exact) mass is 222 g/mol. The molecular formula is C8H18N2O3S. The Kier molecular flexibility index (Phi) is 5.57. The molecule has 1 fully saturated rings. The lowest BCUT2D eigenvalue weighted by Gasteiger charge is -2.33. The van der Waals surface area contributed by atoms with Crippen molar-refractivity contribution < 1.29 is 12.9 Å². The molecule has 0 aliphatic carbocycles. The van der Waals surface area contributed by atoms with Crippen LogP contribution in [0.1, 0.15) is 6.92 Å². The fourth-order valence-corrected chi connectivity index (χ4v) is 1.78. The van der Waals surface area contributed by atoms with Gasteiger partial charge in [-0.05, 0) is 6.54 Å². The summed E-state index contributed by atoms with van der Waals surface area (Å²) >= 11 is -2.12. The van der Waals surface area contributed by atoms with E-state index in [1.54, 1.807) is 0 Å². The van der Waals surface area contributed by atoms with Crippen LogP contribution < -0.4 is 0 Å². The van der Waals surface area contributed by atoms with E-state index in [1.165, 1.54) is 0 Å². The van der Waals surface area contributed by atoms with Crippen LogP contribution in [0.15, 0.2) is 0 Å². The van der Waals surface area contributed by atoms with E-state index >= 15 is 0 Å². The smallest absolute Gasteiger partial charge is 0.301 e. The van der Waals surface area contributed by atoms with Crippen LogP contribution in [0.5, 0.6) is 0 Å². The Bertz CT molecular complexity index is 183. The highest BCUT2D eigenvalue weighted by Crippen LogP contribution is 2.00. The molecule has 1 aliphatic rings. The van der Waals surface area contributed by atoms with Crippen LogP contribution in [-0.2, 0) is 15.5 Å². The zero-order valence-electron chi connectivity index (χ0n) is 8.52. The van der Waals surface area contributed by atoms with Gasteiger partial charge in [-0.25, -0.2) is 0 Å². The highest BCUT2D eigenvalue weighted by molar-refractivity contribution is 7.74. The van der Waals surface area contributed by atoms with Crippen molar-refractivity contribution in [1.29, 1.82) is 0 Å². The van der Waals surface area contributed by atoms with E-state index in [0.717, 1.165) is 39.3 Å². The Morgan fingerprint density at radius 2 is 1.86 bits per heavy atom. The van der Waals surface area contributed by atoms with E-state index in [1.807, 2.05) is 0 Å². The molecule has 0 aromatic heterocycles. The van der Waals surface area contributed by atoms with Gasteiger partial charge in [0.2, 0.25) is 0 Å². The van der Waals surface area contributed by atoms with E-state index in [9.17, 15) is 4.21 Å². The zero-order valence-corrected chi connectivity index (χ0v) is 9.33. The number of nitrogens with zero attached hydrogens (tertiary/aromatic N) is 2. The Balaban J connectivity index is 2.07. The summed E-state index contributed by atoms with van der Waals surface area (Å²) in [5, 5.41) is 0. The zero-order chi connectivity index (χ0) is 10.4. The van der Waals surface area contributed by atoms with Crippen LogP contribution in [0.2, 0.25) is 0 Å². The number of likely N-dealkylation sites (N-methyl/N-ethyl adjacent to an activating group) is 1. The first-order chi connectivity index (χ1) is 6.72. The van der Waals surface area contributed by atoms with Gasteiger partial charge in [0.1, 0.15) is 0 Å². The number of rotatable bonds is 5. The maximum absolute atomic E-state index is 10.2. The van der Waals surface area contributed by atoms with Gasteiger partial charge in [-0.15, -0.1) is 0 Å². The van der Waals surface area contributed by atoms with Crippen molar-refractivity contribution in [3.05, 3.63) is 0 Å². The lowest BCUT2D eigenvalue weighted by atomic mass is 10.3. The summed E-state index contributed by atoms with van der Waals surface area (Å²) in [5.74, 6) is 0. The van der Waals surface area contributed by atoms with Crippen molar-refractivity contribution in [2.24, 2.45) is 0 Å². The molecule has 1 saturated heterocycles. The molecule has 84 valence electrons. The molecule has 0 saturated carbocycles. The van der Waals surface area contributed by atoms with Gasteiger partial charge in [0.25, 0.3) is 0 Å². The fraction of sp³-hybridized carbons (Fsp3) is 1.00. The quantitative estimate of drug-likeness (QED) is 0.652. The number of hydrogen-bond donors (Lipinski definition) is 1. The minimum Gasteiger partial charge on any atom is -0.301 e. The molecule has 1 atom stereocenters. The second-order valence-corrected chi connectivity index (χ2v) is 3.98. The molecule has 0 bridgehead atoms. The maximum atomic E-state index is 10.2. The first-order valence-corrected chi connectivity index (χ1v) is 5.94. The third kappa shape index (κ3) is 4.47. The van der Waals surface area contributed by atoms with Gasteiger partial charge >= 0.3 is 11.4 Å². The predicted molar refractivity (Wildman–Crippen MR) is 55.3 cm³/mol. The molecule has 0 amide bonds. The summed E-state index contributed by atoms with van der Waals surface area (Å²) in [6.45, 7) is 8.54. The molecule has 14 heavy (non-hydrogen) atoms. The molecule has 0 radical (unpaired) electrons. The highest BCUT2D eigenvalue weighted by atomic mass is 32.2. The Morgan fingerprint density at radius 3 is 2.36 bits per heavy atom. The Labute approximate surface area is 87.5 Å². The van der Waals surface area contributed by atoms with Gasteiger partial charge in [0.15, 0.2) is 0 Å². The van der Waals surface area contributed by atoms with E-state index in [-0.39, 0.29) is 0 Å². The molecule has 6 heteroatoms. The first kappa shape index (κ1) is 12.1. The van der Waals surface area contributed by atoms with Crippen LogP contribution in [0, 0.1) is 0 Å². The van der Waals surface area contributed by atoms with Crippen LogP contribution >= 0.6 is 0 Å². The van der Waals surface area contributed by atoms with Crippen molar-refractivity contribution in [3.8, 4) is 0 Å². The van der Waals surface area contributed by atoms with Crippen molar-refractivity contribution in [2.75, 3.05) is 45.9 Å². The third-order valence-electron chi connectivity index (χ3n) is 2.50. The van der Waals surface area contributed by atoms with Gasteiger partial charge in [-0.1, -0.05) is 6.92 Å². The molecular weight excluding hydrogens is 204 g/mol.